The van der Waals surface area contributed by atoms with Gasteiger partial charge in [-0.3, -0.25) is 4.79 Å². The largest absolute Gasteiger partial charge is 0.294 e. The molecule has 0 saturated heterocycles. The van der Waals surface area contributed by atoms with Gasteiger partial charge < -0.3 is 0 Å². The van der Waals surface area contributed by atoms with E-state index >= 15 is 0 Å². The van der Waals surface area contributed by atoms with Gasteiger partial charge in [-0.05, 0) is 35.9 Å². The smallest absolute Gasteiger partial charge is 0.182 e. The zero-order valence-corrected chi connectivity index (χ0v) is 17.8. The number of rotatable bonds is 5. The maximum atomic E-state index is 13.3. The molecule has 3 aromatic rings. The van der Waals surface area contributed by atoms with Crippen LogP contribution in [0.25, 0.3) is 0 Å². The minimum atomic E-state index is -3.70. The first-order valence-electron chi connectivity index (χ1n) is 8.74. The van der Waals surface area contributed by atoms with Crippen LogP contribution in [0.5, 0.6) is 0 Å². The van der Waals surface area contributed by atoms with Crippen molar-refractivity contribution in [2.75, 3.05) is 0 Å². The molecule has 1 saturated carbocycles. The summed E-state index contributed by atoms with van der Waals surface area (Å²) in [5.74, 6) is -1.29. The molecule has 6 heteroatoms. The van der Waals surface area contributed by atoms with Crippen LogP contribution < -0.4 is 0 Å². The number of Topliss-reactive ketones (excluding diaryl/α,β-unsaturated/α-hetero) is 1. The van der Waals surface area contributed by atoms with Gasteiger partial charge in [-0.1, -0.05) is 76.1 Å². The van der Waals surface area contributed by atoms with Crippen LogP contribution in [0.4, 0.5) is 0 Å². The van der Waals surface area contributed by atoms with Crippen molar-refractivity contribution in [3.63, 3.8) is 0 Å². The number of hydrogen-bond acceptors (Lipinski definition) is 3. The van der Waals surface area contributed by atoms with E-state index < -0.39 is 26.9 Å². The molecule has 3 nitrogen and oxygen atoms in total. The van der Waals surface area contributed by atoms with Crippen molar-refractivity contribution in [2.45, 2.75) is 16.1 Å². The molecule has 3 atom stereocenters. The number of benzene rings is 3. The predicted molar refractivity (Wildman–Crippen MR) is 114 cm³/mol. The average Bonchev–Trinajstić information content (AvgIpc) is 3.45. The highest BCUT2D eigenvalue weighted by atomic mass is 79.9. The molecule has 0 heterocycles. The maximum Gasteiger partial charge on any atom is 0.182 e. The van der Waals surface area contributed by atoms with Crippen LogP contribution in [0.15, 0.2) is 88.2 Å². The highest BCUT2D eigenvalue weighted by Gasteiger charge is 2.62. The second-order valence-corrected chi connectivity index (χ2v) is 10.2. The van der Waals surface area contributed by atoms with Gasteiger partial charge in [0.05, 0.1) is 10.1 Å². The van der Waals surface area contributed by atoms with Crippen molar-refractivity contribution < 1.29 is 13.2 Å². The Kier molecular flexibility index (Phi) is 5.17. The van der Waals surface area contributed by atoms with Gasteiger partial charge in [0.1, 0.15) is 0 Å². The molecular weight excluding hydrogens is 460 g/mol. The molecule has 0 bridgehead atoms. The van der Waals surface area contributed by atoms with Crippen LogP contribution in [-0.4, -0.2) is 19.5 Å². The number of ketones is 1. The molecule has 0 aliphatic heterocycles. The van der Waals surface area contributed by atoms with E-state index in [1.807, 2.05) is 12.1 Å². The molecule has 0 unspecified atom stereocenters. The van der Waals surface area contributed by atoms with Crippen molar-refractivity contribution in [1.82, 2.24) is 0 Å². The van der Waals surface area contributed by atoms with Crippen molar-refractivity contribution in [3.05, 3.63) is 99.5 Å². The lowest BCUT2D eigenvalue weighted by Crippen LogP contribution is -2.14. The molecule has 0 N–H and O–H groups in total. The quantitative estimate of drug-likeness (QED) is 0.455. The fourth-order valence-corrected chi connectivity index (χ4v) is 6.32. The Labute approximate surface area is 177 Å². The van der Waals surface area contributed by atoms with E-state index in [2.05, 4.69) is 15.9 Å². The van der Waals surface area contributed by atoms with Gasteiger partial charge in [-0.2, -0.15) is 0 Å². The molecule has 1 aliphatic carbocycles. The third-order valence-corrected chi connectivity index (χ3v) is 8.18. The number of carbonyl (C=O) groups excluding carboxylic acids is 1. The Bertz CT molecular complexity index is 1130. The molecular formula is C22H16BrClO3S. The van der Waals surface area contributed by atoms with Crippen molar-refractivity contribution in [2.24, 2.45) is 5.92 Å². The Morgan fingerprint density at radius 1 is 0.857 bits per heavy atom. The molecule has 0 amide bonds. The zero-order valence-electron chi connectivity index (χ0n) is 14.6. The summed E-state index contributed by atoms with van der Waals surface area (Å²) < 4.78 is 27.5. The summed E-state index contributed by atoms with van der Waals surface area (Å²) in [6.45, 7) is 0. The van der Waals surface area contributed by atoms with Gasteiger partial charge >= 0.3 is 0 Å². The SMILES string of the molecule is O=C(c1ccccc1)[C@H]1[C@@H](c2ccccc2Cl)[C@@H]1S(=O)(=O)c1ccc(Br)cc1. The van der Waals surface area contributed by atoms with E-state index in [0.29, 0.717) is 16.1 Å². The summed E-state index contributed by atoms with van der Waals surface area (Å²) in [7, 11) is -3.70. The van der Waals surface area contributed by atoms with Crippen LogP contribution in [0.2, 0.25) is 5.02 Å². The number of carbonyl (C=O) groups is 1. The van der Waals surface area contributed by atoms with E-state index in [9.17, 15) is 13.2 Å². The summed E-state index contributed by atoms with van der Waals surface area (Å²) in [6.07, 6.45) is 0. The van der Waals surface area contributed by atoms with Gasteiger partial charge in [0.2, 0.25) is 0 Å². The van der Waals surface area contributed by atoms with E-state index in [1.165, 1.54) is 0 Å². The second-order valence-electron chi connectivity index (χ2n) is 6.77. The predicted octanol–water partition coefficient (Wildman–Crippen LogP) is 5.54. The number of halogens is 2. The number of hydrogen-bond donors (Lipinski definition) is 0. The second kappa shape index (κ2) is 7.47. The van der Waals surface area contributed by atoms with Gasteiger partial charge in [0.25, 0.3) is 0 Å². The first kappa shape index (κ1) is 19.4. The van der Waals surface area contributed by atoms with Crippen LogP contribution in [0, 0.1) is 5.92 Å². The van der Waals surface area contributed by atoms with E-state index in [1.54, 1.807) is 66.7 Å². The first-order valence-corrected chi connectivity index (χ1v) is 11.5. The van der Waals surface area contributed by atoms with E-state index in [-0.39, 0.29) is 10.7 Å². The van der Waals surface area contributed by atoms with Crippen LogP contribution in [0.1, 0.15) is 21.8 Å². The van der Waals surface area contributed by atoms with E-state index in [4.69, 9.17) is 11.6 Å². The zero-order chi connectivity index (χ0) is 19.9. The monoisotopic (exact) mass is 474 g/mol. The van der Waals surface area contributed by atoms with E-state index in [0.717, 1.165) is 4.47 Å². The highest BCUT2D eigenvalue weighted by Crippen LogP contribution is 2.56. The Hall–Kier alpha value is -1.95. The molecule has 3 aromatic carbocycles. The highest BCUT2D eigenvalue weighted by molar-refractivity contribution is 9.10. The van der Waals surface area contributed by atoms with Gasteiger partial charge in [0.15, 0.2) is 15.6 Å². The molecule has 0 spiro atoms. The molecule has 28 heavy (non-hydrogen) atoms. The maximum absolute atomic E-state index is 13.3. The standard InChI is InChI=1S/C22H16BrClO3S/c23-15-10-12-16(13-11-15)28(26,27)22-19(17-8-4-5-9-18(17)24)20(22)21(25)14-6-2-1-3-7-14/h1-13,19-20,22H/t19-,20-,22+/m1/s1. The summed E-state index contributed by atoms with van der Waals surface area (Å²) in [5, 5.41) is -0.354. The van der Waals surface area contributed by atoms with Crippen LogP contribution >= 0.6 is 27.5 Å². The Balaban J connectivity index is 1.78. The lowest BCUT2D eigenvalue weighted by atomic mass is 10.0. The molecule has 0 radical (unpaired) electrons. The lowest BCUT2D eigenvalue weighted by Gasteiger charge is -2.05. The van der Waals surface area contributed by atoms with Gasteiger partial charge in [-0.25, -0.2) is 8.42 Å². The van der Waals surface area contributed by atoms with Gasteiger partial charge in [0, 0.05) is 26.9 Å². The fraction of sp³-hybridized carbons (Fsp3) is 0.136. The summed E-state index contributed by atoms with van der Waals surface area (Å²) in [5.41, 5.74) is 1.21. The topological polar surface area (TPSA) is 51.2 Å². The minimum Gasteiger partial charge on any atom is -0.294 e. The summed E-state index contributed by atoms with van der Waals surface area (Å²) >= 11 is 9.67. The molecule has 0 aromatic heterocycles. The Morgan fingerprint density at radius 2 is 1.46 bits per heavy atom. The van der Waals surface area contributed by atoms with Crippen molar-refractivity contribution in [1.29, 1.82) is 0 Å². The summed E-state index contributed by atoms with van der Waals surface area (Å²) in [6, 6.07) is 22.4. The fourth-order valence-electron chi connectivity index (χ4n) is 3.67. The Morgan fingerprint density at radius 3 is 2.11 bits per heavy atom. The third-order valence-electron chi connectivity index (χ3n) is 5.08. The molecule has 142 valence electrons. The van der Waals surface area contributed by atoms with Crippen LogP contribution in [-0.2, 0) is 9.84 Å². The normalized spacial score (nSPS) is 21.3. The summed E-state index contributed by atoms with van der Waals surface area (Å²) in [4.78, 5) is 13.3. The van der Waals surface area contributed by atoms with Crippen molar-refractivity contribution in [3.8, 4) is 0 Å². The first-order chi connectivity index (χ1) is 13.4. The van der Waals surface area contributed by atoms with Gasteiger partial charge in [-0.15, -0.1) is 0 Å². The number of sulfone groups is 1. The lowest BCUT2D eigenvalue weighted by molar-refractivity contribution is 0.0965. The third kappa shape index (κ3) is 3.43. The minimum absolute atomic E-state index is 0.170. The molecule has 1 fully saturated rings. The van der Waals surface area contributed by atoms with Crippen LogP contribution in [0.3, 0.4) is 0 Å². The molecule has 4 rings (SSSR count). The average molecular weight is 476 g/mol. The van der Waals surface area contributed by atoms with Crippen molar-refractivity contribution >= 4 is 43.2 Å². The molecule has 1 aliphatic rings.